The first-order valence-electron chi connectivity index (χ1n) is 13.6. The van der Waals surface area contributed by atoms with E-state index in [1.54, 1.807) is 51.2 Å². The van der Waals surface area contributed by atoms with Crippen LogP contribution in [0.15, 0.2) is 52.5 Å². The Labute approximate surface area is 252 Å². The largest absolute Gasteiger partial charge is 0.462 e. The summed E-state index contributed by atoms with van der Waals surface area (Å²) in [4.78, 5) is 49.4. The molecule has 3 heterocycles. The minimum absolute atomic E-state index is 0.124. The summed E-state index contributed by atoms with van der Waals surface area (Å²) in [5, 5.41) is 7.13. The van der Waals surface area contributed by atoms with E-state index in [0.29, 0.717) is 58.3 Å². The fraction of sp³-hybridized carbons (Fsp3) is 0.300. The number of hydrogen-bond acceptors (Lipinski definition) is 9. The maximum Gasteiger partial charge on any atom is 0.341 e. The van der Waals surface area contributed by atoms with Crippen LogP contribution in [0.1, 0.15) is 36.7 Å². The molecule has 0 saturated carbocycles. The topological polar surface area (TPSA) is 122 Å². The number of morpholine rings is 1. The molecule has 1 aromatic heterocycles. The van der Waals surface area contributed by atoms with Gasteiger partial charge in [0.2, 0.25) is 5.91 Å². The van der Waals surface area contributed by atoms with Crippen molar-refractivity contribution in [1.82, 2.24) is 10.3 Å². The van der Waals surface area contributed by atoms with Gasteiger partial charge in [-0.25, -0.2) is 9.79 Å². The molecule has 0 bridgehead atoms. The van der Waals surface area contributed by atoms with E-state index in [0.717, 1.165) is 22.2 Å². The number of ether oxygens (including phenoxy) is 2. The molecule has 10 nitrogen and oxygen atoms in total. The van der Waals surface area contributed by atoms with E-state index in [1.165, 1.54) is 11.8 Å². The summed E-state index contributed by atoms with van der Waals surface area (Å²) in [5.74, 6) is -1.04. The van der Waals surface area contributed by atoms with Gasteiger partial charge in [-0.15, -0.1) is 0 Å². The summed E-state index contributed by atoms with van der Waals surface area (Å²) in [6.45, 7) is 7.98. The molecular formula is C30H30ClN5O5S. The Kier molecular flexibility index (Phi) is 9.10. The number of esters is 1. The second kappa shape index (κ2) is 12.9. The Morgan fingerprint density at radius 3 is 2.76 bits per heavy atom. The van der Waals surface area contributed by atoms with Crippen LogP contribution in [0.2, 0.25) is 5.02 Å². The Bertz CT molecular complexity index is 1620. The Morgan fingerprint density at radius 1 is 1.24 bits per heavy atom. The van der Waals surface area contributed by atoms with Crippen LogP contribution in [-0.4, -0.2) is 60.8 Å². The molecule has 0 radical (unpaired) electrons. The van der Waals surface area contributed by atoms with Crippen LogP contribution in [-0.2, 0) is 19.1 Å². The standard InChI is InChI=1S/C30H30ClN5O5S/c1-4-41-29(39)21-16-32-23-8-5-18(13-20(23)26(21)36-9-11-40-12-10-36)14-25-28(38)35-30(42-25)34-24-15-19(6-7-22(24)31)33-27(37)17(2)3/h5-8,13-17H,4,9-12H2,1-3H3,(H,33,37)(H,34,35,38). The quantitative estimate of drug-likeness (QED) is 0.271. The predicted molar refractivity (Wildman–Crippen MR) is 166 cm³/mol. The van der Waals surface area contributed by atoms with E-state index >= 15 is 0 Å². The molecule has 0 unspecified atom stereocenters. The zero-order valence-electron chi connectivity index (χ0n) is 23.4. The number of carbonyl (C=O) groups excluding carboxylic acids is 3. The highest BCUT2D eigenvalue weighted by molar-refractivity contribution is 8.18. The molecule has 0 aliphatic carbocycles. The van der Waals surface area contributed by atoms with Gasteiger partial charge in [0, 0.05) is 36.3 Å². The van der Waals surface area contributed by atoms with E-state index in [1.807, 2.05) is 18.2 Å². The molecule has 2 aliphatic rings. The SMILES string of the molecule is CCOC(=O)c1cnc2ccc(C=C3SC(=Nc4cc(NC(=O)C(C)C)ccc4Cl)NC3=O)cc2c1N1CCOCC1. The highest BCUT2D eigenvalue weighted by Gasteiger charge is 2.26. The molecule has 2 aliphatic heterocycles. The van der Waals surface area contributed by atoms with E-state index in [2.05, 4.69) is 25.5 Å². The molecule has 2 aromatic carbocycles. The fourth-order valence-electron chi connectivity index (χ4n) is 4.48. The van der Waals surface area contributed by atoms with Crippen LogP contribution in [0.4, 0.5) is 17.1 Å². The van der Waals surface area contributed by atoms with Crippen LogP contribution in [0.3, 0.4) is 0 Å². The zero-order chi connectivity index (χ0) is 29.8. The van der Waals surface area contributed by atoms with E-state index < -0.39 is 5.97 Å². The van der Waals surface area contributed by atoms with Crippen molar-refractivity contribution in [2.45, 2.75) is 20.8 Å². The fourth-order valence-corrected chi connectivity index (χ4v) is 5.47. The molecule has 42 heavy (non-hydrogen) atoms. The number of aromatic nitrogens is 1. The maximum atomic E-state index is 12.9. The highest BCUT2D eigenvalue weighted by atomic mass is 35.5. The van der Waals surface area contributed by atoms with Crippen molar-refractivity contribution in [2.75, 3.05) is 43.1 Å². The number of benzene rings is 2. The third-order valence-corrected chi connectivity index (χ3v) is 7.82. The molecule has 0 atom stereocenters. The van der Waals surface area contributed by atoms with Crippen molar-refractivity contribution in [3.05, 3.63) is 63.6 Å². The van der Waals surface area contributed by atoms with E-state index in [-0.39, 0.29) is 24.3 Å². The molecule has 12 heteroatoms. The second-order valence-electron chi connectivity index (χ2n) is 9.91. The van der Waals surface area contributed by atoms with Crippen LogP contribution >= 0.6 is 23.4 Å². The average Bonchev–Trinajstić information content (AvgIpc) is 3.32. The van der Waals surface area contributed by atoms with Crippen LogP contribution < -0.4 is 15.5 Å². The Morgan fingerprint density at radius 2 is 2.02 bits per heavy atom. The van der Waals surface area contributed by atoms with Crippen molar-refractivity contribution in [1.29, 1.82) is 0 Å². The molecule has 5 rings (SSSR count). The second-order valence-corrected chi connectivity index (χ2v) is 11.3. The normalized spacial score (nSPS) is 17.3. The van der Waals surface area contributed by atoms with E-state index in [4.69, 9.17) is 21.1 Å². The van der Waals surface area contributed by atoms with E-state index in [9.17, 15) is 14.4 Å². The van der Waals surface area contributed by atoms with Gasteiger partial charge in [0.15, 0.2) is 5.17 Å². The number of amides is 2. The number of hydrogen-bond donors (Lipinski definition) is 2. The number of anilines is 2. The number of rotatable bonds is 7. The lowest BCUT2D eigenvalue weighted by atomic mass is 10.0. The minimum atomic E-state index is -0.435. The monoisotopic (exact) mass is 607 g/mol. The van der Waals surface area contributed by atoms with Gasteiger partial charge < -0.3 is 25.0 Å². The number of carbonyl (C=O) groups is 3. The van der Waals surface area contributed by atoms with Crippen LogP contribution in [0.5, 0.6) is 0 Å². The molecular weight excluding hydrogens is 578 g/mol. The number of thioether (sulfide) groups is 1. The molecule has 3 aromatic rings. The summed E-state index contributed by atoms with van der Waals surface area (Å²) in [5.41, 5.74) is 3.59. The molecule has 218 valence electrons. The summed E-state index contributed by atoms with van der Waals surface area (Å²) >= 11 is 7.54. The number of halogens is 1. The van der Waals surface area contributed by atoms with Crippen LogP contribution in [0.25, 0.3) is 17.0 Å². The van der Waals surface area contributed by atoms with Crippen LogP contribution in [0, 0.1) is 5.92 Å². The van der Waals surface area contributed by atoms with Crippen molar-refractivity contribution in [3.8, 4) is 0 Å². The lowest BCUT2D eigenvalue weighted by Crippen LogP contribution is -2.37. The van der Waals surface area contributed by atoms with Gasteiger partial charge in [0.25, 0.3) is 5.91 Å². The maximum absolute atomic E-state index is 12.9. The lowest BCUT2D eigenvalue weighted by Gasteiger charge is -2.31. The number of pyridine rings is 1. The van der Waals surface area contributed by atoms with Gasteiger partial charge in [-0.05, 0) is 60.7 Å². The summed E-state index contributed by atoms with van der Waals surface area (Å²) < 4.78 is 10.8. The summed E-state index contributed by atoms with van der Waals surface area (Å²) in [7, 11) is 0. The molecule has 2 N–H and O–H groups in total. The van der Waals surface area contributed by atoms with Gasteiger partial charge in [0.05, 0.1) is 46.6 Å². The number of fused-ring (bicyclic) bond motifs is 1. The molecule has 2 amide bonds. The molecule has 2 fully saturated rings. The molecule has 0 spiro atoms. The smallest absolute Gasteiger partial charge is 0.341 e. The first-order valence-corrected chi connectivity index (χ1v) is 14.8. The molecule has 2 saturated heterocycles. The summed E-state index contributed by atoms with van der Waals surface area (Å²) in [6.07, 6.45) is 3.32. The number of nitrogens with one attached hydrogen (secondary N) is 2. The van der Waals surface area contributed by atoms with Gasteiger partial charge in [-0.3, -0.25) is 14.6 Å². The zero-order valence-corrected chi connectivity index (χ0v) is 25.0. The average molecular weight is 608 g/mol. The predicted octanol–water partition coefficient (Wildman–Crippen LogP) is 5.39. The van der Waals surface area contributed by atoms with Crippen molar-refractivity contribution in [3.63, 3.8) is 0 Å². The Balaban J connectivity index is 1.46. The van der Waals surface area contributed by atoms with Gasteiger partial charge in [-0.1, -0.05) is 31.5 Å². The van der Waals surface area contributed by atoms with Gasteiger partial charge >= 0.3 is 5.97 Å². The lowest BCUT2D eigenvalue weighted by molar-refractivity contribution is -0.119. The highest BCUT2D eigenvalue weighted by Crippen LogP contribution is 2.35. The van der Waals surface area contributed by atoms with Gasteiger partial charge in [-0.2, -0.15) is 0 Å². The number of amidine groups is 1. The minimum Gasteiger partial charge on any atom is -0.462 e. The number of nitrogens with zero attached hydrogens (tertiary/aromatic N) is 3. The van der Waals surface area contributed by atoms with Gasteiger partial charge in [0.1, 0.15) is 5.56 Å². The summed E-state index contributed by atoms with van der Waals surface area (Å²) in [6, 6.07) is 10.7. The first-order chi connectivity index (χ1) is 20.2. The number of aliphatic imine (C=N–C) groups is 1. The Hall–Kier alpha value is -3.93. The third kappa shape index (κ3) is 6.59. The van der Waals surface area contributed by atoms with Crippen molar-refractivity contribution < 1.29 is 23.9 Å². The van der Waals surface area contributed by atoms with Crippen molar-refractivity contribution >= 4 is 80.4 Å². The van der Waals surface area contributed by atoms with Crippen molar-refractivity contribution in [2.24, 2.45) is 10.9 Å². The first kappa shape index (κ1) is 29.6. The third-order valence-electron chi connectivity index (χ3n) is 6.59.